The minimum Gasteiger partial charge on any atom is -0.495 e. The SMILES string of the molecule is COc1ccc(S(=O)(=O)NCc2ccnc(-c3ccco3)c2)cc1Cl. The number of ether oxygens (including phenoxy) is 1. The highest BCUT2D eigenvalue weighted by Gasteiger charge is 2.16. The Morgan fingerprint density at radius 1 is 1.24 bits per heavy atom. The van der Waals surface area contributed by atoms with E-state index in [0.29, 0.717) is 17.2 Å². The zero-order valence-electron chi connectivity index (χ0n) is 13.3. The van der Waals surface area contributed by atoms with Crippen LogP contribution in [0.2, 0.25) is 5.02 Å². The lowest BCUT2D eigenvalue weighted by Gasteiger charge is -2.09. The maximum absolute atomic E-state index is 12.4. The molecule has 25 heavy (non-hydrogen) atoms. The van der Waals surface area contributed by atoms with Crippen molar-refractivity contribution in [2.75, 3.05) is 7.11 Å². The zero-order valence-corrected chi connectivity index (χ0v) is 14.8. The molecule has 2 aromatic heterocycles. The van der Waals surface area contributed by atoms with E-state index in [2.05, 4.69) is 9.71 Å². The van der Waals surface area contributed by atoms with Gasteiger partial charge < -0.3 is 9.15 Å². The van der Waals surface area contributed by atoms with Gasteiger partial charge in [-0.3, -0.25) is 4.98 Å². The smallest absolute Gasteiger partial charge is 0.240 e. The number of rotatable bonds is 6. The quantitative estimate of drug-likeness (QED) is 0.710. The van der Waals surface area contributed by atoms with Gasteiger partial charge in [0.1, 0.15) is 11.4 Å². The third-order valence-corrected chi connectivity index (χ3v) is 5.19. The lowest BCUT2D eigenvalue weighted by molar-refractivity contribution is 0.414. The molecule has 0 unspecified atom stereocenters. The lowest BCUT2D eigenvalue weighted by Crippen LogP contribution is -2.23. The molecular weight excluding hydrogens is 364 g/mol. The van der Waals surface area contributed by atoms with Gasteiger partial charge in [-0.15, -0.1) is 0 Å². The van der Waals surface area contributed by atoms with Gasteiger partial charge in [-0.05, 0) is 48.0 Å². The van der Waals surface area contributed by atoms with Gasteiger partial charge in [-0.1, -0.05) is 11.6 Å². The summed E-state index contributed by atoms with van der Waals surface area (Å²) in [6.07, 6.45) is 3.16. The van der Waals surface area contributed by atoms with Gasteiger partial charge in [0.2, 0.25) is 10.0 Å². The molecule has 0 aliphatic heterocycles. The van der Waals surface area contributed by atoms with Crippen LogP contribution in [-0.2, 0) is 16.6 Å². The van der Waals surface area contributed by atoms with Crippen LogP contribution in [0.1, 0.15) is 5.56 Å². The second-order valence-electron chi connectivity index (χ2n) is 5.15. The molecule has 3 aromatic rings. The second-order valence-corrected chi connectivity index (χ2v) is 7.32. The van der Waals surface area contributed by atoms with Crippen LogP contribution >= 0.6 is 11.6 Å². The third kappa shape index (κ3) is 4.01. The molecule has 0 aliphatic carbocycles. The van der Waals surface area contributed by atoms with Crippen LogP contribution in [0.15, 0.2) is 64.2 Å². The number of benzene rings is 1. The number of pyridine rings is 1. The van der Waals surface area contributed by atoms with Crippen LogP contribution < -0.4 is 9.46 Å². The van der Waals surface area contributed by atoms with Crippen LogP contribution in [0.4, 0.5) is 0 Å². The Balaban J connectivity index is 1.76. The van der Waals surface area contributed by atoms with Gasteiger partial charge in [0.05, 0.1) is 23.3 Å². The summed E-state index contributed by atoms with van der Waals surface area (Å²) in [4.78, 5) is 4.28. The Kier molecular flexibility index (Phi) is 5.08. The minimum absolute atomic E-state index is 0.0682. The Morgan fingerprint density at radius 2 is 2.08 bits per heavy atom. The van der Waals surface area contributed by atoms with Gasteiger partial charge in [-0.25, -0.2) is 13.1 Å². The molecule has 0 atom stereocenters. The maximum atomic E-state index is 12.4. The summed E-state index contributed by atoms with van der Waals surface area (Å²) >= 11 is 5.99. The molecule has 1 aromatic carbocycles. The Hall–Kier alpha value is -2.35. The first-order chi connectivity index (χ1) is 12.0. The van der Waals surface area contributed by atoms with Crippen molar-refractivity contribution in [3.05, 3.63) is 65.5 Å². The van der Waals surface area contributed by atoms with Crippen LogP contribution in [0.3, 0.4) is 0 Å². The standard InChI is InChI=1S/C17H15ClN2O4S/c1-23-16-5-4-13(10-14(16)18)25(21,22)20-11-12-6-7-19-15(9-12)17-3-2-8-24-17/h2-10,20H,11H2,1H3. The fraction of sp³-hybridized carbons (Fsp3) is 0.118. The summed E-state index contributed by atoms with van der Waals surface area (Å²) < 4.78 is 37.7. The molecule has 0 aliphatic rings. The van der Waals surface area contributed by atoms with Crippen LogP contribution in [-0.4, -0.2) is 20.5 Å². The molecule has 6 nitrogen and oxygen atoms in total. The van der Waals surface area contributed by atoms with Crippen molar-refractivity contribution in [1.82, 2.24) is 9.71 Å². The summed E-state index contributed by atoms with van der Waals surface area (Å²) in [6.45, 7) is 0.113. The average Bonchev–Trinajstić information content (AvgIpc) is 3.15. The summed E-state index contributed by atoms with van der Waals surface area (Å²) in [7, 11) is -2.24. The highest BCUT2D eigenvalue weighted by atomic mass is 35.5. The monoisotopic (exact) mass is 378 g/mol. The van der Waals surface area contributed by atoms with E-state index in [1.165, 1.54) is 25.3 Å². The molecule has 0 radical (unpaired) electrons. The van der Waals surface area contributed by atoms with E-state index in [1.807, 2.05) is 0 Å². The van der Waals surface area contributed by atoms with Crippen LogP contribution in [0.5, 0.6) is 5.75 Å². The number of furan rings is 1. The fourth-order valence-corrected chi connectivity index (χ4v) is 3.59. The van der Waals surface area contributed by atoms with E-state index >= 15 is 0 Å². The zero-order chi connectivity index (χ0) is 17.9. The predicted molar refractivity (Wildman–Crippen MR) is 94.0 cm³/mol. The molecular formula is C17H15ClN2O4S. The van der Waals surface area contributed by atoms with Gasteiger partial charge in [0.15, 0.2) is 5.76 Å². The van der Waals surface area contributed by atoms with Crippen molar-refractivity contribution >= 4 is 21.6 Å². The van der Waals surface area contributed by atoms with Gasteiger partial charge in [0.25, 0.3) is 0 Å². The summed E-state index contributed by atoms with van der Waals surface area (Å²) in [5.41, 5.74) is 1.39. The first-order valence-corrected chi connectivity index (χ1v) is 9.18. The highest BCUT2D eigenvalue weighted by molar-refractivity contribution is 7.89. The molecule has 2 heterocycles. The topological polar surface area (TPSA) is 81.4 Å². The Bertz CT molecular complexity index is 972. The maximum Gasteiger partial charge on any atom is 0.240 e. The predicted octanol–water partition coefficient (Wildman–Crippen LogP) is 3.48. The lowest BCUT2D eigenvalue weighted by atomic mass is 10.2. The molecule has 130 valence electrons. The number of sulfonamides is 1. The van der Waals surface area contributed by atoms with Crippen LogP contribution in [0.25, 0.3) is 11.5 Å². The number of nitrogens with one attached hydrogen (secondary N) is 1. The minimum atomic E-state index is -3.71. The summed E-state index contributed by atoms with van der Waals surface area (Å²) in [5, 5.41) is 0.231. The molecule has 3 rings (SSSR count). The molecule has 8 heteroatoms. The molecule has 0 fully saturated rings. The van der Waals surface area contributed by atoms with Crippen LogP contribution in [0, 0.1) is 0 Å². The number of methoxy groups -OCH3 is 1. The van der Waals surface area contributed by atoms with E-state index in [-0.39, 0.29) is 16.5 Å². The first-order valence-electron chi connectivity index (χ1n) is 7.31. The number of hydrogen-bond acceptors (Lipinski definition) is 5. The average molecular weight is 379 g/mol. The Labute approximate surface area is 150 Å². The van der Waals surface area contributed by atoms with E-state index in [0.717, 1.165) is 5.56 Å². The normalized spacial score (nSPS) is 11.4. The first kappa shape index (κ1) is 17.5. The van der Waals surface area contributed by atoms with Crippen molar-refractivity contribution in [3.63, 3.8) is 0 Å². The number of aromatic nitrogens is 1. The van der Waals surface area contributed by atoms with Crippen molar-refractivity contribution in [2.45, 2.75) is 11.4 Å². The Morgan fingerprint density at radius 3 is 2.76 bits per heavy atom. The van der Waals surface area contributed by atoms with Crippen molar-refractivity contribution in [1.29, 1.82) is 0 Å². The second kappa shape index (κ2) is 7.26. The van der Waals surface area contributed by atoms with Crippen molar-refractivity contribution in [3.8, 4) is 17.2 Å². The van der Waals surface area contributed by atoms with Crippen molar-refractivity contribution < 1.29 is 17.6 Å². The van der Waals surface area contributed by atoms with Gasteiger partial charge in [-0.2, -0.15) is 0 Å². The third-order valence-electron chi connectivity index (χ3n) is 3.50. The van der Waals surface area contributed by atoms with Crippen molar-refractivity contribution in [2.24, 2.45) is 0 Å². The fourth-order valence-electron chi connectivity index (χ4n) is 2.22. The number of halogens is 1. The van der Waals surface area contributed by atoms with Gasteiger partial charge in [0, 0.05) is 12.7 Å². The molecule has 0 amide bonds. The van der Waals surface area contributed by atoms with E-state index in [4.69, 9.17) is 20.8 Å². The number of hydrogen-bond donors (Lipinski definition) is 1. The molecule has 1 N–H and O–H groups in total. The van der Waals surface area contributed by atoms with E-state index in [1.54, 1.807) is 36.7 Å². The van der Waals surface area contributed by atoms with Gasteiger partial charge >= 0.3 is 0 Å². The largest absolute Gasteiger partial charge is 0.495 e. The molecule has 0 saturated carbocycles. The highest BCUT2D eigenvalue weighted by Crippen LogP contribution is 2.27. The molecule has 0 saturated heterocycles. The summed E-state index contributed by atoms with van der Waals surface area (Å²) in [6, 6.07) is 11.4. The molecule has 0 bridgehead atoms. The van der Waals surface area contributed by atoms with E-state index in [9.17, 15) is 8.42 Å². The van der Waals surface area contributed by atoms with E-state index < -0.39 is 10.0 Å². The number of nitrogens with zero attached hydrogens (tertiary/aromatic N) is 1. The summed E-state index contributed by atoms with van der Waals surface area (Å²) in [5.74, 6) is 1.03. The molecule has 0 spiro atoms.